The Morgan fingerprint density at radius 3 is 2.62 bits per heavy atom. The minimum absolute atomic E-state index is 0.265. The first-order valence-corrected chi connectivity index (χ1v) is 10.5. The van der Waals surface area contributed by atoms with Crippen molar-refractivity contribution in [3.05, 3.63) is 70.9 Å². The SMILES string of the molecule is CCOC(=O)C1=C(C)Nc2nnnn2[C@@H]1c1ccc(OCc2ccccc2)c(OCC)c1. The fraction of sp³-hybridized carbons (Fsp3) is 0.304. The lowest BCUT2D eigenvalue weighted by Gasteiger charge is -2.27. The number of tetrazole rings is 1. The second kappa shape index (κ2) is 9.51. The molecule has 2 aromatic carbocycles. The zero-order valence-corrected chi connectivity index (χ0v) is 18.2. The first-order valence-electron chi connectivity index (χ1n) is 10.5. The molecule has 166 valence electrons. The van der Waals surface area contributed by atoms with Gasteiger partial charge < -0.3 is 19.5 Å². The Kier molecular flexibility index (Phi) is 6.34. The zero-order valence-electron chi connectivity index (χ0n) is 18.2. The van der Waals surface area contributed by atoms with E-state index in [-0.39, 0.29) is 6.61 Å². The molecular weight excluding hydrogens is 410 g/mol. The van der Waals surface area contributed by atoms with Gasteiger partial charge in [-0.1, -0.05) is 41.5 Å². The highest BCUT2D eigenvalue weighted by Gasteiger charge is 2.35. The summed E-state index contributed by atoms with van der Waals surface area (Å²) in [5.74, 6) is 1.22. The number of allylic oxidation sites excluding steroid dienone is 1. The highest BCUT2D eigenvalue weighted by molar-refractivity contribution is 5.92. The number of benzene rings is 2. The van der Waals surface area contributed by atoms with E-state index >= 15 is 0 Å². The van der Waals surface area contributed by atoms with E-state index in [0.29, 0.717) is 41.9 Å². The van der Waals surface area contributed by atoms with Gasteiger partial charge in [0.15, 0.2) is 11.5 Å². The molecule has 1 atom stereocenters. The lowest BCUT2D eigenvalue weighted by molar-refractivity contribution is -0.139. The predicted octanol–water partition coefficient (Wildman–Crippen LogP) is 3.50. The maximum Gasteiger partial charge on any atom is 0.338 e. The van der Waals surface area contributed by atoms with Crippen LogP contribution in [-0.4, -0.2) is 39.4 Å². The van der Waals surface area contributed by atoms with Crippen LogP contribution < -0.4 is 14.8 Å². The van der Waals surface area contributed by atoms with E-state index in [1.54, 1.807) is 18.5 Å². The van der Waals surface area contributed by atoms with E-state index in [2.05, 4.69) is 20.8 Å². The summed E-state index contributed by atoms with van der Waals surface area (Å²) in [4.78, 5) is 12.8. The molecule has 1 N–H and O–H groups in total. The van der Waals surface area contributed by atoms with Crippen LogP contribution in [0.4, 0.5) is 5.95 Å². The van der Waals surface area contributed by atoms with Crippen LogP contribution in [0.5, 0.6) is 11.5 Å². The van der Waals surface area contributed by atoms with Crippen LogP contribution in [0.2, 0.25) is 0 Å². The van der Waals surface area contributed by atoms with Crippen molar-refractivity contribution in [2.45, 2.75) is 33.4 Å². The summed E-state index contributed by atoms with van der Waals surface area (Å²) in [5.41, 5.74) is 2.90. The van der Waals surface area contributed by atoms with Crippen molar-refractivity contribution < 1.29 is 19.0 Å². The molecular formula is C23H25N5O4. The number of nitrogens with one attached hydrogen (secondary N) is 1. The summed E-state index contributed by atoms with van der Waals surface area (Å²) in [6.07, 6.45) is 0. The first-order chi connectivity index (χ1) is 15.6. The van der Waals surface area contributed by atoms with Gasteiger partial charge in [0, 0.05) is 5.70 Å². The highest BCUT2D eigenvalue weighted by atomic mass is 16.5. The molecule has 1 aromatic heterocycles. The molecule has 0 saturated carbocycles. The number of hydrogen-bond donors (Lipinski definition) is 1. The molecule has 0 saturated heterocycles. The fourth-order valence-corrected chi connectivity index (χ4v) is 3.61. The quantitative estimate of drug-likeness (QED) is 0.537. The molecule has 2 heterocycles. The van der Waals surface area contributed by atoms with Gasteiger partial charge in [0.05, 0.1) is 18.8 Å². The molecule has 1 aliphatic rings. The monoisotopic (exact) mass is 435 g/mol. The molecule has 9 nitrogen and oxygen atoms in total. The number of anilines is 1. The third-order valence-corrected chi connectivity index (χ3v) is 5.03. The second-order valence-corrected chi connectivity index (χ2v) is 7.15. The maximum absolute atomic E-state index is 12.8. The van der Waals surface area contributed by atoms with Gasteiger partial charge in [-0.3, -0.25) is 0 Å². The van der Waals surface area contributed by atoms with Crippen LogP contribution in [0.15, 0.2) is 59.8 Å². The molecule has 0 amide bonds. The van der Waals surface area contributed by atoms with Gasteiger partial charge >= 0.3 is 5.97 Å². The van der Waals surface area contributed by atoms with Crippen molar-refractivity contribution in [2.75, 3.05) is 18.5 Å². The molecule has 0 radical (unpaired) electrons. The molecule has 32 heavy (non-hydrogen) atoms. The average Bonchev–Trinajstić information content (AvgIpc) is 3.26. The minimum atomic E-state index is -0.567. The Bertz CT molecular complexity index is 1130. The molecule has 3 aromatic rings. The number of carbonyl (C=O) groups excluding carboxylic acids is 1. The van der Waals surface area contributed by atoms with Gasteiger partial charge in [-0.05, 0) is 54.5 Å². The van der Waals surface area contributed by atoms with Crippen molar-refractivity contribution >= 4 is 11.9 Å². The van der Waals surface area contributed by atoms with Crippen molar-refractivity contribution in [3.8, 4) is 11.5 Å². The summed E-state index contributed by atoms with van der Waals surface area (Å²) in [6.45, 7) is 6.63. The number of esters is 1. The molecule has 0 aliphatic carbocycles. The van der Waals surface area contributed by atoms with E-state index in [9.17, 15) is 4.79 Å². The summed E-state index contributed by atoms with van der Waals surface area (Å²) in [5, 5.41) is 14.9. The molecule has 9 heteroatoms. The number of hydrogen-bond acceptors (Lipinski definition) is 8. The number of rotatable bonds is 8. The van der Waals surface area contributed by atoms with Gasteiger partial charge in [-0.2, -0.15) is 4.68 Å². The number of nitrogens with zero attached hydrogens (tertiary/aromatic N) is 4. The van der Waals surface area contributed by atoms with E-state index in [1.807, 2.05) is 55.5 Å². The standard InChI is InChI=1S/C23H25N5O4/c1-4-30-19-13-17(11-12-18(19)32-14-16-9-7-6-8-10-16)21-20(22(29)31-5-2)15(3)24-23-25-26-27-28(21)23/h6-13,21H,4-5,14H2,1-3H3,(H,24,25,27)/t21-/m1/s1. The molecule has 0 bridgehead atoms. The lowest BCUT2D eigenvalue weighted by Crippen LogP contribution is -2.29. The van der Waals surface area contributed by atoms with Crippen molar-refractivity contribution in [1.82, 2.24) is 20.2 Å². The predicted molar refractivity (Wildman–Crippen MR) is 117 cm³/mol. The smallest absolute Gasteiger partial charge is 0.338 e. The van der Waals surface area contributed by atoms with Crippen molar-refractivity contribution in [1.29, 1.82) is 0 Å². The summed E-state index contributed by atoms with van der Waals surface area (Å²) in [6, 6.07) is 14.9. The van der Waals surface area contributed by atoms with Crippen molar-refractivity contribution in [2.24, 2.45) is 0 Å². The van der Waals surface area contributed by atoms with Gasteiger partial charge in [0.25, 0.3) is 0 Å². The van der Waals surface area contributed by atoms with Crippen LogP contribution >= 0.6 is 0 Å². The van der Waals surface area contributed by atoms with Gasteiger partial charge in [0.1, 0.15) is 12.6 Å². The van der Waals surface area contributed by atoms with Crippen LogP contribution in [0, 0.1) is 0 Å². The lowest BCUT2D eigenvalue weighted by atomic mass is 9.95. The normalized spacial score (nSPS) is 15.0. The molecule has 1 aliphatic heterocycles. The Hall–Kier alpha value is -3.88. The van der Waals surface area contributed by atoms with E-state index < -0.39 is 12.0 Å². The van der Waals surface area contributed by atoms with Gasteiger partial charge in [-0.25, -0.2) is 4.79 Å². The van der Waals surface area contributed by atoms with Gasteiger partial charge in [0.2, 0.25) is 5.95 Å². The molecule has 0 fully saturated rings. The second-order valence-electron chi connectivity index (χ2n) is 7.15. The Labute approximate surface area is 186 Å². The Balaban J connectivity index is 1.71. The topological polar surface area (TPSA) is 100 Å². The number of ether oxygens (including phenoxy) is 3. The van der Waals surface area contributed by atoms with Crippen LogP contribution in [0.1, 0.15) is 37.9 Å². The summed E-state index contributed by atoms with van der Waals surface area (Å²) < 4.78 is 18.8. The third kappa shape index (κ3) is 4.27. The number of aromatic nitrogens is 4. The number of fused-ring (bicyclic) bond motifs is 1. The van der Waals surface area contributed by atoms with Crippen LogP contribution in [-0.2, 0) is 16.1 Å². The molecule has 0 unspecified atom stereocenters. The largest absolute Gasteiger partial charge is 0.490 e. The van der Waals surface area contributed by atoms with Crippen molar-refractivity contribution in [3.63, 3.8) is 0 Å². The molecule has 0 spiro atoms. The first kappa shape index (κ1) is 21.4. The van der Waals surface area contributed by atoms with Crippen LogP contribution in [0.3, 0.4) is 0 Å². The van der Waals surface area contributed by atoms with Crippen LogP contribution in [0.25, 0.3) is 0 Å². The minimum Gasteiger partial charge on any atom is -0.490 e. The number of carbonyl (C=O) groups is 1. The average molecular weight is 435 g/mol. The highest BCUT2D eigenvalue weighted by Crippen LogP contribution is 2.39. The van der Waals surface area contributed by atoms with E-state index in [1.165, 1.54) is 0 Å². The maximum atomic E-state index is 12.8. The van der Waals surface area contributed by atoms with Gasteiger partial charge in [-0.15, -0.1) is 0 Å². The Morgan fingerprint density at radius 2 is 1.88 bits per heavy atom. The fourth-order valence-electron chi connectivity index (χ4n) is 3.61. The summed E-state index contributed by atoms with van der Waals surface area (Å²) >= 11 is 0. The van der Waals surface area contributed by atoms with E-state index in [4.69, 9.17) is 14.2 Å². The van der Waals surface area contributed by atoms with E-state index in [0.717, 1.165) is 11.1 Å². The zero-order chi connectivity index (χ0) is 22.5. The third-order valence-electron chi connectivity index (χ3n) is 5.03. The Morgan fingerprint density at radius 1 is 1.06 bits per heavy atom. The molecule has 4 rings (SSSR count). The summed E-state index contributed by atoms with van der Waals surface area (Å²) in [7, 11) is 0.